The largest absolute Gasteiger partial charge is 0.385 e. The minimum atomic E-state index is 0.443. The van der Waals surface area contributed by atoms with Gasteiger partial charge in [0.15, 0.2) is 0 Å². The van der Waals surface area contributed by atoms with Crippen molar-refractivity contribution in [3.8, 4) is 0 Å². The van der Waals surface area contributed by atoms with E-state index in [-0.39, 0.29) is 0 Å². The molecule has 0 aliphatic heterocycles. The van der Waals surface area contributed by atoms with Crippen molar-refractivity contribution >= 4 is 0 Å². The van der Waals surface area contributed by atoms with Crippen molar-refractivity contribution in [2.24, 2.45) is 0 Å². The van der Waals surface area contributed by atoms with Crippen LogP contribution < -0.4 is 5.32 Å². The smallest absolute Gasteiger partial charge is 0.0462 e. The van der Waals surface area contributed by atoms with Gasteiger partial charge in [0.25, 0.3) is 0 Å². The molecule has 0 aromatic heterocycles. The number of rotatable bonds is 10. The van der Waals surface area contributed by atoms with Crippen LogP contribution in [0.4, 0.5) is 0 Å². The van der Waals surface area contributed by atoms with Gasteiger partial charge in [-0.1, -0.05) is 37.6 Å². The van der Waals surface area contributed by atoms with E-state index < -0.39 is 0 Å². The third kappa shape index (κ3) is 6.74. The molecular formula is C17H29NO. The van der Waals surface area contributed by atoms with Gasteiger partial charge in [0, 0.05) is 19.8 Å². The lowest BCUT2D eigenvalue weighted by Crippen LogP contribution is -2.19. The van der Waals surface area contributed by atoms with Crippen molar-refractivity contribution in [1.29, 1.82) is 0 Å². The summed E-state index contributed by atoms with van der Waals surface area (Å²) in [5, 5.41) is 3.59. The molecule has 0 amide bonds. The Morgan fingerprint density at radius 1 is 1.11 bits per heavy atom. The molecule has 1 aromatic rings. The molecule has 2 heteroatoms. The molecule has 1 unspecified atom stereocenters. The lowest BCUT2D eigenvalue weighted by molar-refractivity contribution is 0.192. The van der Waals surface area contributed by atoms with Crippen LogP contribution in [0.2, 0.25) is 0 Å². The predicted molar refractivity (Wildman–Crippen MR) is 82.6 cm³/mol. The van der Waals surface area contributed by atoms with Crippen LogP contribution in [0.25, 0.3) is 0 Å². The van der Waals surface area contributed by atoms with Gasteiger partial charge in [-0.15, -0.1) is 0 Å². The zero-order valence-electron chi connectivity index (χ0n) is 12.7. The molecule has 0 saturated heterocycles. The molecule has 2 nitrogen and oxygen atoms in total. The zero-order chi connectivity index (χ0) is 13.9. The highest BCUT2D eigenvalue weighted by Gasteiger charge is 2.03. The summed E-state index contributed by atoms with van der Waals surface area (Å²) in [4.78, 5) is 0. The highest BCUT2D eigenvalue weighted by Crippen LogP contribution is 2.14. The molecular weight excluding hydrogens is 234 g/mol. The Labute approximate surface area is 118 Å². The molecule has 1 aromatic carbocycles. The van der Waals surface area contributed by atoms with Gasteiger partial charge in [-0.05, 0) is 50.3 Å². The second kappa shape index (κ2) is 9.99. The van der Waals surface area contributed by atoms with Crippen LogP contribution in [0, 0.1) is 0 Å². The molecule has 1 atom stereocenters. The number of aryl methyl sites for hydroxylation is 1. The fourth-order valence-electron chi connectivity index (χ4n) is 2.25. The quantitative estimate of drug-likeness (QED) is 0.642. The van der Waals surface area contributed by atoms with E-state index in [4.69, 9.17) is 4.74 Å². The Balaban J connectivity index is 2.23. The van der Waals surface area contributed by atoms with Crippen molar-refractivity contribution in [2.75, 3.05) is 20.3 Å². The summed E-state index contributed by atoms with van der Waals surface area (Å²) in [6.07, 6.45) is 6.03. The molecule has 0 bridgehead atoms. The molecule has 19 heavy (non-hydrogen) atoms. The number of ether oxygens (including phenoxy) is 1. The van der Waals surface area contributed by atoms with Gasteiger partial charge in [-0.2, -0.15) is 0 Å². The van der Waals surface area contributed by atoms with Crippen LogP contribution in [-0.2, 0) is 11.2 Å². The highest BCUT2D eigenvalue weighted by atomic mass is 16.5. The van der Waals surface area contributed by atoms with Gasteiger partial charge < -0.3 is 10.1 Å². The Bertz CT molecular complexity index is 321. The number of hydrogen-bond donors (Lipinski definition) is 1. The lowest BCUT2D eigenvalue weighted by atomic mass is 10.0. The summed E-state index contributed by atoms with van der Waals surface area (Å²) in [5.74, 6) is 0. The van der Waals surface area contributed by atoms with E-state index in [0.717, 1.165) is 19.6 Å². The number of nitrogens with one attached hydrogen (secondary N) is 1. The van der Waals surface area contributed by atoms with Crippen LogP contribution in [0.1, 0.15) is 56.7 Å². The van der Waals surface area contributed by atoms with Crippen molar-refractivity contribution in [1.82, 2.24) is 5.32 Å². The topological polar surface area (TPSA) is 21.3 Å². The maximum atomic E-state index is 5.05. The van der Waals surface area contributed by atoms with Crippen molar-refractivity contribution in [3.05, 3.63) is 35.4 Å². The number of benzene rings is 1. The van der Waals surface area contributed by atoms with Crippen LogP contribution in [0.5, 0.6) is 0 Å². The molecule has 0 aliphatic carbocycles. The van der Waals surface area contributed by atoms with Crippen LogP contribution in [0.15, 0.2) is 24.3 Å². The fraction of sp³-hybridized carbons (Fsp3) is 0.647. The Morgan fingerprint density at radius 2 is 1.84 bits per heavy atom. The second-order valence-corrected chi connectivity index (χ2v) is 5.22. The summed E-state index contributed by atoms with van der Waals surface area (Å²) in [6, 6.07) is 9.48. The van der Waals surface area contributed by atoms with Gasteiger partial charge in [0.1, 0.15) is 0 Å². The van der Waals surface area contributed by atoms with Gasteiger partial charge in [-0.3, -0.25) is 0 Å². The standard InChI is InChI=1S/C17H29NO/c1-4-8-16-9-11-17(12-10-16)15(2)18-13-6-5-7-14-19-3/h9-12,15,18H,4-8,13-14H2,1-3H3. The number of hydrogen-bond acceptors (Lipinski definition) is 2. The van der Waals surface area contributed by atoms with Crippen LogP contribution >= 0.6 is 0 Å². The minimum Gasteiger partial charge on any atom is -0.385 e. The first-order chi connectivity index (χ1) is 9.27. The number of unbranched alkanes of at least 4 members (excludes halogenated alkanes) is 2. The van der Waals surface area contributed by atoms with E-state index in [1.165, 1.54) is 36.8 Å². The van der Waals surface area contributed by atoms with Crippen LogP contribution in [-0.4, -0.2) is 20.3 Å². The molecule has 0 fully saturated rings. The summed E-state index contributed by atoms with van der Waals surface area (Å²) in [6.45, 7) is 6.43. The third-order valence-electron chi connectivity index (χ3n) is 3.49. The molecule has 1 rings (SSSR count). The first-order valence-electron chi connectivity index (χ1n) is 7.59. The maximum absolute atomic E-state index is 5.05. The average Bonchev–Trinajstić information content (AvgIpc) is 2.43. The van der Waals surface area contributed by atoms with E-state index in [2.05, 4.69) is 43.4 Å². The monoisotopic (exact) mass is 263 g/mol. The van der Waals surface area contributed by atoms with E-state index in [1.807, 2.05) is 0 Å². The Kier molecular flexibility index (Phi) is 8.52. The van der Waals surface area contributed by atoms with Gasteiger partial charge >= 0.3 is 0 Å². The summed E-state index contributed by atoms with van der Waals surface area (Å²) in [7, 11) is 1.77. The van der Waals surface area contributed by atoms with Crippen LogP contribution in [0.3, 0.4) is 0 Å². The molecule has 108 valence electrons. The Morgan fingerprint density at radius 3 is 2.47 bits per heavy atom. The highest BCUT2D eigenvalue weighted by molar-refractivity contribution is 5.24. The molecule has 0 spiro atoms. The molecule has 0 aliphatic rings. The molecule has 0 saturated carbocycles. The van der Waals surface area contributed by atoms with E-state index in [9.17, 15) is 0 Å². The summed E-state index contributed by atoms with van der Waals surface area (Å²) < 4.78 is 5.05. The van der Waals surface area contributed by atoms with Gasteiger partial charge in [0.2, 0.25) is 0 Å². The maximum Gasteiger partial charge on any atom is 0.0462 e. The lowest BCUT2D eigenvalue weighted by Gasteiger charge is -2.14. The first kappa shape index (κ1) is 16.2. The summed E-state index contributed by atoms with van der Waals surface area (Å²) in [5.41, 5.74) is 2.83. The fourth-order valence-corrected chi connectivity index (χ4v) is 2.25. The number of methoxy groups -OCH3 is 1. The average molecular weight is 263 g/mol. The minimum absolute atomic E-state index is 0.443. The molecule has 0 radical (unpaired) electrons. The molecule has 0 heterocycles. The normalized spacial score (nSPS) is 12.6. The van der Waals surface area contributed by atoms with E-state index in [0.29, 0.717) is 6.04 Å². The van der Waals surface area contributed by atoms with Gasteiger partial charge in [0.05, 0.1) is 0 Å². The SMILES string of the molecule is CCCc1ccc(C(C)NCCCCCOC)cc1. The summed E-state index contributed by atoms with van der Waals surface area (Å²) >= 11 is 0. The third-order valence-corrected chi connectivity index (χ3v) is 3.49. The Hall–Kier alpha value is -0.860. The molecule has 1 N–H and O–H groups in total. The second-order valence-electron chi connectivity index (χ2n) is 5.22. The predicted octanol–water partition coefficient (Wildman–Crippen LogP) is 4.11. The van der Waals surface area contributed by atoms with Gasteiger partial charge in [-0.25, -0.2) is 0 Å². The van der Waals surface area contributed by atoms with Crippen molar-refractivity contribution in [2.45, 2.75) is 52.0 Å². The zero-order valence-corrected chi connectivity index (χ0v) is 12.7. The van der Waals surface area contributed by atoms with E-state index in [1.54, 1.807) is 7.11 Å². The van der Waals surface area contributed by atoms with Crippen molar-refractivity contribution in [3.63, 3.8) is 0 Å². The first-order valence-corrected chi connectivity index (χ1v) is 7.59. The van der Waals surface area contributed by atoms with Crippen molar-refractivity contribution < 1.29 is 4.74 Å². The van der Waals surface area contributed by atoms with E-state index >= 15 is 0 Å².